The summed E-state index contributed by atoms with van der Waals surface area (Å²) < 4.78 is 41.0. The first-order chi connectivity index (χ1) is 33.2. The summed E-state index contributed by atoms with van der Waals surface area (Å²) in [6.45, 7) is 20.3. The van der Waals surface area contributed by atoms with Gasteiger partial charge in [0.2, 0.25) is 11.8 Å². The standard InChI is InChI=1S/C52H79ClN4O11S2/c1-35(2)29-44-49(60)66-42(13-12-14-45(58)55-41(31-38-17-20-43(62-10)40(53)30-38)48(59)54-33-51(4,5)50(61)67-44)36(3)46-47(68-46)39-18-15-37(16-19-39)32-56(8)21-23-63-25-27-65-28-26-64-24-22-57(9)34-52(6,7)70-69-11/h12,14-20,30,35-36,41-42,44,46-47H,13,21-29,31-34H2,1-11H3,(H,54,59)(H,55,58)/b14-12+/t36-,41+,42-,44-,46+,47+/m0/s1. The number of cyclic esters (lactones) is 2. The number of hydrogen-bond acceptors (Lipinski definition) is 15. The van der Waals surface area contributed by atoms with Gasteiger partial charge in [-0.1, -0.05) is 90.4 Å². The van der Waals surface area contributed by atoms with Gasteiger partial charge in [-0.3, -0.25) is 19.3 Å². The van der Waals surface area contributed by atoms with Crippen molar-refractivity contribution in [3.05, 3.63) is 76.3 Å². The Balaban J connectivity index is 1.29. The van der Waals surface area contributed by atoms with Crippen LogP contribution < -0.4 is 15.4 Å². The van der Waals surface area contributed by atoms with Crippen molar-refractivity contribution >= 4 is 56.9 Å². The van der Waals surface area contributed by atoms with Crippen LogP contribution in [0, 0.1) is 17.3 Å². The number of ether oxygens (including phenoxy) is 7. The Morgan fingerprint density at radius 2 is 1.51 bits per heavy atom. The Kier molecular flexibility index (Phi) is 24.8. The smallest absolute Gasteiger partial charge is 0.347 e. The van der Waals surface area contributed by atoms with Crippen molar-refractivity contribution in [3.63, 3.8) is 0 Å². The van der Waals surface area contributed by atoms with E-state index in [2.05, 4.69) is 78.9 Å². The number of rotatable bonds is 26. The minimum absolute atomic E-state index is 0.00533. The highest BCUT2D eigenvalue weighted by atomic mass is 35.5. The average Bonchev–Trinajstić information content (AvgIpc) is 4.10. The van der Waals surface area contributed by atoms with Crippen molar-refractivity contribution < 1.29 is 52.3 Å². The van der Waals surface area contributed by atoms with E-state index in [0.29, 0.717) is 56.0 Å². The summed E-state index contributed by atoms with van der Waals surface area (Å²) in [6, 6.07) is 12.4. The van der Waals surface area contributed by atoms with E-state index in [4.69, 9.17) is 44.8 Å². The van der Waals surface area contributed by atoms with Gasteiger partial charge in [-0.2, -0.15) is 0 Å². The van der Waals surface area contributed by atoms with Crippen LogP contribution in [0.2, 0.25) is 5.02 Å². The van der Waals surface area contributed by atoms with Gasteiger partial charge < -0.3 is 48.7 Å². The molecular weight excluding hydrogens is 956 g/mol. The Bertz CT molecular complexity index is 1990. The topological polar surface area (TPSA) is 167 Å². The largest absolute Gasteiger partial charge is 0.495 e. The number of methoxy groups -OCH3 is 1. The lowest BCUT2D eigenvalue weighted by Gasteiger charge is -2.29. The monoisotopic (exact) mass is 1030 g/mol. The van der Waals surface area contributed by atoms with Crippen LogP contribution >= 0.6 is 33.2 Å². The van der Waals surface area contributed by atoms with Crippen LogP contribution in [0.4, 0.5) is 0 Å². The Hall–Kier alpha value is -3.39. The minimum atomic E-state index is -1.23. The van der Waals surface area contributed by atoms with E-state index < -0.39 is 47.4 Å². The van der Waals surface area contributed by atoms with Crippen molar-refractivity contribution in [2.24, 2.45) is 17.3 Å². The molecule has 18 heteroatoms. The van der Waals surface area contributed by atoms with Crippen molar-refractivity contribution in [2.45, 2.75) is 109 Å². The molecule has 2 amide bonds. The van der Waals surface area contributed by atoms with Crippen molar-refractivity contribution in [2.75, 3.05) is 93.3 Å². The molecular formula is C52H79ClN4O11S2. The highest BCUT2D eigenvalue weighted by Crippen LogP contribution is 2.45. The molecule has 2 aromatic carbocycles. The Morgan fingerprint density at radius 3 is 2.13 bits per heavy atom. The van der Waals surface area contributed by atoms with Crippen molar-refractivity contribution in [1.29, 1.82) is 0 Å². The second-order valence-electron chi connectivity index (χ2n) is 19.9. The zero-order valence-electron chi connectivity index (χ0n) is 43.2. The first-order valence-electron chi connectivity index (χ1n) is 24.3. The number of hydrogen-bond donors (Lipinski definition) is 2. The van der Waals surface area contributed by atoms with E-state index >= 15 is 0 Å². The molecule has 0 spiro atoms. The van der Waals surface area contributed by atoms with Crippen LogP contribution in [-0.4, -0.2) is 156 Å². The zero-order chi connectivity index (χ0) is 51.4. The predicted octanol–water partition coefficient (Wildman–Crippen LogP) is 7.33. The molecule has 0 saturated carbocycles. The molecule has 1 saturated heterocycles. The molecule has 2 N–H and O–H groups in total. The summed E-state index contributed by atoms with van der Waals surface area (Å²) in [5.74, 6) is -2.20. The van der Waals surface area contributed by atoms with E-state index in [-0.39, 0.29) is 54.6 Å². The van der Waals surface area contributed by atoms with Crippen LogP contribution in [0.3, 0.4) is 0 Å². The van der Waals surface area contributed by atoms with E-state index in [1.807, 2.05) is 31.6 Å². The lowest BCUT2D eigenvalue weighted by molar-refractivity contribution is -0.179. The van der Waals surface area contributed by atoms with Gasteiger partial charge in [0.1, 0.15) is 24.0 Å². The van der Waals surface area contributed by atoms with Crippen molar-refractivity contribution in [3.8, 4) is 5.75 Å². The van der Waals surface area contributed by atoms with Crippen LogP contribution in [0.1, 0.15) is 84.1 Å². The third kappa shape index (κ3) is 20.6. The van der Waals surface area contributed by atoms with E-state index in [1.165, 1.54) is 13.2 Å². The molecule has 392 valence electrons. The lowest BCUT2D eigenvalue weighted by atomic mass is 9.92. The molecule has 2 heterocycles. The fourth-order valence-electron chi connectivity index (χ4n) is 7.99. The molecule has 1 fully saturated rings. The summed E-state index contributed by atoms with van der Waals surface area (Å²) in [6.07, 6.45) is 3.18. The third-order valence-electron chi connectivity index (χ3n) is 12.0. The molecule has 70 heavy (non-hydrogen) atoms. The molecule has 2 aliphatic rings. The normalized spacial score (nSPS) is 22.4. The first kappa shape index (κ1) is 59.2. The predicted molar refractivity (Wildman–Crippen MR) is 278 cm³/mol. The first-order valence-corrected chi connectivity index (χ1v) is 27.2. The molecule has 0 radical (unpaired) electrons. The van der Waals surface area contributed by atoms with Crippen molar-refractivity contribution in [1.82, 2.24) is 20.4 Å². The number of carbonyl (C=O) groups is 4. The number of likely N-dealkylation sites (N-methyl/N-ethyl adjacent to an activating group) is 2. The number of amides is 2. The molecule has 0 unspecified atom stereocenters. The zero-order valence-corrected chi connectivity index (χ0v) is 45.6. The minimum Gasteiger partial charge on any atom is -0.495 e. The van der Waals surface area contributed by atoms with Gasteiger partial charge in [0.15, 0.2) is 6.10 Å². The molecule has 2 aliphatic heterocycles. The van der Waals surface area contributed by atoms with Crippen LogP contribution in [-0.2, 0) is 60.6 Å². The molecule has 0 bridgehead atoms. The maximum atomic E-state index is 13.9. The second-order valence-corrected chi connectivity index (χ2v) is 23.4. The lowest BCUT2D eigenvalue weighted by Crippen LogP contribution is -2.51. The Morgan fingerprint density at radius 1 is 0.886 bits per heavy atom. The average molecular weight is 1040 g/mol. The summed E-state index contributed by atoms with van der Waals surface area (Å²) in [5, 5.41) is 5.96. The number of esters is 2. The molecule has 0 aromatic heterocycles. The van der Waals surface area contributed by atoms with Gasteiger partial charge in [-0.25, -0.2) is 4.79 Å². The van der Waals surface area contributed by atoms with E-state index in [1.54, 1.807) is 48.9 Å². The fraction of sp³-hybridized carbons (Fsp3) is 0.654. The summed E-state index contributed by atoms with van der Waals surface area (Å²) in [4.78, 5) is 59.1. The van der Waals surface area contributed by atoms with Gasteiger partial charge >= 0.3 is 11.9 Å². The highest BCUT2D eigenvalue weighted by Gasteiger charge is 2.48. The summed E-state index contributed by atoms with van der Waals surface area (Å²) in [5.41, 5.74) is 1.61. The quantitative estimate of drug-likeness (QED) is 0.0416. The molecule has 6 atom stereocenters. The molecule has 4 rings (SSSR count). The van der Waals surface area contributed by atoms with Crippen LogP contribution in [0.15, 0.2) is 54.6 Å². The highest BCUT2D eigenvalue weighted by molar-refractivity contribution is 8.77. The maximum absolute atomic E-state index is 13.9. The molecule has 15 nitrogen and oxygen atoms in total. The summed E-state index contributed by atoms with van der Waals surface area (Å²) >= 11 is 6.38. The van der Waals surface area contributed by atoms with Gasteiger partial charge in [0.25, 0.3) is 0 Å². The molecule has 2 aromatic rings. The number of nitrogens with zero attached hydrogens (tertiary/aromatic N) is 2. The van der Waals surface area contributed by atoms with Crippen LogP contribution in [0.5, 0.6) is 5.75 Å². The van der Waals surface area contributed by atoms with Gasteiger partial charge in [-0.05, 0) is 95.3 Å². The number of carbonyl (C=O) groups excluding carboxylic acids is 4. The third-order valence-corrected chi connectivity index (χ3v) is 14.9. The number of benzene rings is 2. The van der Waals surface area contributed by atoms with Gasteiger partial charge in [0.05, 0.1) is 63.3 Å². The van der Waals surface area contributed by atoms with E-state index in [0.717, 1.165) is 37.3 Å². The SMILES string of the molecule is COc1ccc(C[C@H]2NC(=O)/C=C/C[C@@H]([C@H](C)[C@H]3O[C@@H]3c3ccc(CN(C)CCOCCOCCOCCN(C)CC(C)(C)SSC)cc3)OC(=O)[C@H](CC(C)C)OC(=O)C(C)(C)CNC2=O)cc1Cl. The fourth-order valence-corrected chi connectivity index (χ4v) is 10.5. The van der Waals surface area contributed by atoms with Gasteiger partial charge in [-0.15, -0.1) is 0 Å². The van der Waals surface area contributed by atoms with E-state index in [9.17, 15) is 19.2 Å². The number of epoxide rings is 1. The maximum Gasteiger partial charge on any atom is 0.347 e. The number of halogens is 1. The second kappa shape index (κ2) is 29.3. The number of nitrogens with one attached hydrogen (secondary N) is 2. The Labute approximate surface area is 429 Å². The van der Waals surface area contributed by atoms with Crippen LogP contribution in [0.25, 0.3) is 0 Å². The molecule has 0 aliphatic carbocycles. The summed E-state index contributed by atoms with van der Waals surface area (Å²) in [7, 11) is 9.39. The van der Waals surface area contributed by atoms with Gasteiger partial charge in [0, 0.05) is 56.2 Å².